The molecule has 0 fully saturated rings. The van der Waals surface area contributed by atoms with E-state index in [1.807, 2.05) is 6.92 Å². The summed E-state index contributed by atoms with van der Waals surface area (Å²) in [6.45, 7) is 1.78. The first kappa shape index (κ1) is 20.2. The highest BCUT2D eigenvalue weighted by atomic mass is 35.5. The van der Waals surface area contributed by atoms with Gasteiger partial charge in [-0.05, 0) is 42.8 Å². The van der Waals surface area contributed by atoms with Gasteiger partial charge in [-0.3, -0.25) is 4.79 Å². The number of sulfonamides is 1. The first-order chi connectivity index (χ1) is 12.4. The van der Waals surface area contributed by atoms with E-state index in [9.17, 15) is 13.2 Å². The van der Waals surface area contributed by atoms with Crippen LogP contribution in [0.1, 0.15) is 13.3 Å². The Morgan fingerprint density at radius 3 is 2.42 bits per heavy atom. The van der Waals surface area contributed by atoms with Gasteiger partial charge in [-0.25, -0.2) is 8.42 Å². The number of amides is 1. The topological polar surface area (TPSA) is 75.7 Å². The molecule has 1 N–H and O–H groups in total. The number of nitrogens with one attached hydrogen (secondary N) is 1. The summed E-state index contributed by atoms with van der Waals surface area (Å²) in [6.07, 6.45) is 0.578. The average molecular weight is 397 g/mol. The molecule has 0 unspecified atom stereocenters. The molecule has 0 aliphatic carbocycles. The van der Waals surface area contributed by atoms with Crippen molar-refractivity contribution in [3.63, 3.8) is 0 Å². The van der Waals surface area contributed by atoms with E-state index >= 15 is 0 Å². The van der Waals surface area contributed by atoms with Gasteiger partial charge in [0.2, 0.25) is 15.9 Å². The zero-order chi connectivity index (χ0) is 19.2. The van der Waals surface area contributed by atoms with E-state index < -0.39 is 15.9 Å². The van der Waals surface area contributed by atoms with Gasteiger partial charge < -0.3 is 10.1 Å². The zero-order valence-electron chi connectivity index (χ0n) is 14.6. The van der Waals surface area contributed by atoms with E-state index in [0.717, 1.165) is 4.31 Å². The summed E-state index contributed by atoms with van der Waals surface area (Å²) in [5.74, 6) is 0.0592. The van der Waals surface area contributed by atoms with Crippen molar-refractivity contribution in [3.05, 3.63) is 53.6 Å². The maximum Gasteiger partial charge on any atom is 0.243 e. The van der Waals surface area contributed by atoms with E-state index in [2.05, 4.69) is 5.32 Å². The monoisotopic (exact) mass is 396 g/mol. The average Bonchev–Trinajstić information content (AvgIpc) is 2.62. The molecule has 0 bridgehead atoms. The van der Waals surface area contributed by atoms with Crippen molar-refractivity contribution in [1.29, 1.82) is 0 Å². The van der Waals surface area contributed by atoms with E-state index in [4.69, 9.17) is 16.3 Å². The molecular formula is C18H21ClN2O4S. The van der Waals surface area contributed by atoms with Crippen LogP contribution in [-0.4, -0.2) is 38.8 Å². The Balaban J connectivity index is 2.19. The van der Waals surface area contributed by atoms with Crippen LogP contribution in [0.2, 0.25) is 5.02 Å². The molecule has 2 aromatic rings. The fraction of sp³-hybridized carbons (Fsp3) is 0.278. The number of anilines is 1. The fourth-order valence-corrected chi connectivity index (χ4v) is 4.00. The molecule has 2 rings (SSSR count). The minimum Gasteiger partial charge on any atom is -0.495 e. The Morgan fingerprint density at radius 2 is 1.81 bits per heavy atom. The molecular weight excluding hydrogens is 376 g/mol. The number of carbonyl (C=O) groups is 1. The van der Waals surface area contributed by atoms with Gasteiger partial charge >= 0.3 is 0 Å². The fourth-order valence-electron chi connectivity index (χ4n) is 2.39. The number of ether oxygens (including phenoxy) is 1. The third kappa shape index (κ3) is 4.97. The van der Waals surface area contributed by atoms with Crippen molar-refractivity contribution < 1.29 is 17.9 Å². The molecule has 0 aliphatic rings. The quantitative estimate of drug-likeness (QED) is 0.742. The second kappa shape index (κ2) is 9.02. The SMILES string of the molecule is CCCN(CC(=O)Nc1ccccc1OC)S(=O)(=O)c1ccc(Cl)cc1. The zero-order valence-corrected chi connectivity index (χ0v) is 16.2. The van der Waals surface area contributed by atoms with Crippen molar-refractivity contribution in [1.82, 2.24) is 4.31 Å². The van der Waals surface area contributed by atoms with Crippen molar-refractivity contribution in [3.8, 4) is 5.75 Å². The Labute approximate surface area is 158 Å². The molecule has 1 amide bonds. The second-order valence-electron chi connectivity index (χ2n) is 5.54. The van der Waals surface area contributed by atoms with Crippen LogP contribution in [0.5, 0.6) is 5.75 Å². The van der Waals surface area contributed by atoms with Gasteiger partial charge in [-0.15, -0.1) is 0 Å². The number of halogens is 1. The molecule has 0 atom stereocenters. The third-order valence-corrected chi connectivity index (χ3v) is 5.74. The molecule has 0 saturated heterocycles. The van der Waals surface area contributed by atoms with Crippen molar-refractivity contribution >= 4 is 33.2 Å². The normalized spacial score (nSPS) is 11.4. The molecule has 140 valence electrons. The summed E-state index contributed by atoms with van der Waals surface area (Å²) in [7, 11) is -2.30. The number of para-hydroxylation sites is 2. The van der Waals surface area contributed by atoms with Gasteiger partial charge in [0.05, 0.1) is 24.2 Å². The molecule has 0 aromatic heterocycles. The van der Waals surface area contributed by atoms with Crippen LogP contribution in [0.3, 0.4) is 0 Å². The van der Waals surface area contributed by atoms with E-state index in [1.165, 1.54) is 31.4 Å². The van der Waals surface area contributed by atoms with Crippen LogP contribution in [0.4, 0.5) is 5.69 Å². The first-order valence-corrected chi connectivity index (χ1v) is 9.89. The highest BCUT2D eigenvalue weighted by Crippen LogP contribution is 2.23. The van der Waals surface area contributed by atoms with Gasteiger partial charge in [0, 0.05) is 11.6 Å². The van der Waals surface area contributed by atoms with Crippen molar-refractivity contribution in [2.45, 2.75) is 18.2 Å². The molecule has 0 heterocycles. The summed E-state index contributed by atoms with van der Waals surface area (Å²) >= 11 is 5.82. The number of nitrogens with zero attached hydrogens (tertiary/aromatic N) is 1. The van der Waals surface area contributed by atoms with Gasteiger partial charge in [0.25, 0.3) is 0 Å². The molecule has 26 heavy (non-hydrogen) atoms. The van der Waals surface area contributed by atoms with Crippen molar-refractivity contribution in [2.24, 2.45) is 0 Å². The summed E-state index contributed by atoms with van der Waals surface area (Å²) < 4.78 is 32.0. The van der Waals surface area contributed by atoms with Gasteiger partial charge in [0.15, 0.2) is 0 Å². The summed E-state index contributed by atoms with van der Waals surface area (Å²) in [5.41, 5.74) is 0.486. The third-order valence-electron chi connectivity index (χ3n) is 3.63. The highest BCUT2D eigenvalue weighted by molar-refractivity contribution is 7.89. The summed E-state index contributed by atoms with van der Waals surface area (Å²) in [6, 6.07) is 12.8. The number of hydrogen-bond donors (Lipinski definition) is 1. The molecule has 0 radical (unpaired) electrons. The number of hydrogen-bond acceptors (Lipinski definition) is 4. The van der Waals surface area contributed by atoms with Crippen LogP contribution in [0.15, 0.2) is 53.4 Å². The van der Waals surface area contributed by atoms with Crippen LogP contribution in [0, 0.1) is 0 Å². The lowest BCUT2D eigenvalue weighted by molar-refractivity contribution is -0.116. The maximum absolute atomic E-state index is 12.8. The molecule has 2 aromatic carbocycles. The Kier molecular flexibility index (Phi) is 7.02. The Bertz CT molecular complexity index is 854. The second-order valence-corrected chi connectivity index (χ2v) is 7.92. The van der Waals surface area contributed by atoms with Crippen LogP contribution < -0.4 is 10.1 Å². The van der Waals surface area contributed by atoms with E-state index in [-0.39, 0.29) is 18.0 Å². The van der Waals surface area contributed by atoms with Gasteiger partial charge in [-0.2, -0.15) is 4.31 Å². The predicted octanol–water partition coefficient (Wildman–Crippen LogP) is 3.39. The number of benzene rings is 2. The van der Waals surface area contributed by atoms with Gasteiger partial charge in [0.1, 0.15) is 5.75 Å². The lowest BCUT2D eigenvalue weighted by Gasteiger charge is -2.21. The van der Waals surface area contributed by atoms with Crippen LogP contribution >= 0.6 is 11.6 Å². The maximum atomic E-state index is 12.8. The molecule has 0 saturated carbocycles. The molecule has 6 nitrogen and oxygen atoms in total. The molecule has 8 heteroatoms. The largest absolute Gasteiger partial charge is 0.495 e. The molecule has 0 spiro atoms. The lowest BCUT2D eigenvalue weighted by Crippen LogP contribution is -2.38. The molecule has 0 aliphatic heterocycles. The van der Waals surface area contributed by atoms with E-state index in [1.54, 1.807) is 24.3 Å². The number of methoxy groups -OCH3 is 1. The Hall–Kier alpha value is -2.09. The lowest BCUT2D eigenvalue weighted by atomic mass is 10.3. The number of rotatable bonds is 8. The van der Waals surface area contributed by atoms with Crippen LogP contribution in [0.25, 0.3) is 0 Å². The summed E-state index contributed by atoms with van der Waals surface area (Å²) in [5, 5.41) is 3.14. The highest BCUT2D eigenvalue weighted by Gasteiger charge is 2.26. The standard InChI is InChI=1S/C18H21ClN2O4S/c1-3-12-21(26(23,24)15-10-8-14(19)9-11-15)13-18(22)20-16-6-4-5-7-17(16)25-2/h4-11H,3,12-13H2,1-2H3,(H,20,22). The minimum absolute atomic E-state index is 0.0976. The van der Waals surface area contributed by atoms with Crippen LogP contribution in [-0.2, 0) is 14.8 Å². The summed E-state index contributed by atoms with van der Waals surface area (Å²) in [4.78, 5) is 12.5. The van der Waals surface area contributed by atoms with Gasteiger partial charge in [-0.1, -0.05) is 30.7 Å². The number of carbonyl (C=O) groups excluding carboxylic acids is 1. The Morgan fingerprint density at radius 1 is 1.15 bits per heavy atom. The van der Waals surface area contributed by atoms with E-state index in [0.29, 0.717) is 22.9 Å². The predicted molar refractivity (Wildman–Crippen MR) is 102 cm³/mol. The first-order valence-electron chi connectivity index (χ1n) is 8.07. The smallest absolute Gasteiger partial charge is 0.243 e. The van der Waals surface area contributed by atoms with Crippen molar-refractivity contribution in [2.75, 3.05) is 25.5 Å². The minimum atomic E-state index is -3.80.